The molecule has 78 valence electrons. The molecule has 0 amide bonds. The maximum absolute atomic E-state index is 9.54. The number of benzene rings is 1. The zero-order chi connectivity index (χ0) is 10.7. The average Bonchev–Trinajstić information content (AvgIpc) is 2.19. The number of rotatable bonds is 3. The van der Waals surface area contributed by atoms with Gasteiger partial charge in [-0.1, -0.05) is 15.9 Å². The quantitative estimate of drug-likeness (QED) is 0.482. The van der Waals surface area contributed by atoms with Crippen molar-refractivity contribution in [2.45, 2.75) is 12.2 Å². The van der Waals surface area contributed by atoms with Crippen LogP contribution in [0, 0.1) is 0 Å². The SMILES string of the molecule is Oc1ccc(O)c(C(O)C(O)CBr)c1. The molecule has 1 rings (SSSR count). The number of alkyl halides is 1. The third-order valence-corrected chi connectivity index (χ3v) is 2.52. The highest BCUT2D eigenvalue weighted by molar-refractivity contribution is 9.09. The summed E-state index contributed by atoms with van der Waals surface area (Å²) in [6.45, 7) is 0. The van der Waals surface area contributed by atoms with Crippen molar-refractivity contribution >= 4 is 15.9 Å². The van der Waals surface area contributed by atoms with E-state index in [1.54, 1.807) is 0 Å². The van der Waals surface area contributed by atoms with E-state index in [1.807, 2.05) is 0 Å². The molecule has 0 aromatic heterocycles. The third kappa shape index (κ3) is 2.37. The molecule has 0 aliphatic heterocycles. The fraction of sp³-hybridized carbons (Fsp3) is 0.333. The van der Waals surface area contributed by atoms with Crippen molar-refractivity contribution in [1.82, 2.24) is 0 Å². The fourth-order valence-corrected chi connectivity index (χ4v) is 1.42. The molecule has 0 bridgehead atoms. The summed E-state index contributed by atoms with van der Waals surface area (Å²) in [5.74, 6) is -0.228. The van der Waals surface area contributed by atoms with Crippen molar-refractivity contribution in [3.05, 3.63) is 23.8 Å². The Morgan fingerprint density at radius 3 is 2.43 bits per heavy atom. The highest BCUT2D eigenvalue weighted by Gasteiger charge is 2.20. The second-order valence-electron chi connectivity index (χ2n) is 2.91. The van der Waals surface area contributed by atoms with E-state index in [9.17, 15) is 15.3 Å². The van der Waals surface area contributed by atoms with Gasteiger partial charge in [-0.3, -0.25) is 0 Å². The van der Waals surface area contributed by atoms with E-state index >= 15 is 0 Å². The fourth-order valence-electron chi connectivity index (χ4n) is 1.07. The molecular weight excluding hydrogens is 252 g/mol. The van der Waals surface area contributed by atoms with Crippen molar-refractivity contribution in [3.8, 4) is 11.5 Å². The van der Waals surface area contributed by atoms with Gasteiger partial charge in [-0.15, -0.1) is 0 Å². The Labute approximate surface area is 89.6 Å². The van der Waals surface area contributed by atoms with E-state index in [2.05, 4.69) is 15.9 Å². The number of hydrogen-bond acceptors (Lipinski definition) is 4. The first-order valence-corrected chi connectivity index (χ1v) is 5.12. The van der Waals surface area contributed by atoms with Gasteiger partial charge in [0.1, 0.15) is 17.6 Å². The van der Waals surface area contributed by atoms with Gasteiger partial charge in [-0.25, -0.2) is 0 Å². The highest BCUT2D eigenvalue weighted by atomic mass is 79.9. The summed E-state index contributed by atoms with van der Waals surface area (Å²) in [7, 11) is 0. The first-order chi connectivity index (χ1) is 6.56. The Hall–Kier alpha value is -0.780. The number of phenolic OH excluding ortho intramolecular Hbond substituents is 2. The van der Waals surface area contributed by atoms with E-state index < -0.39 is 12.2 Å². The molecule has 1 aromatic carbocycles. The smallest absolute Gasteiger partial charge is 0.121 e. The van der Waals surface area contributed by atoms with E-state index in [1.165, 1.54) is 18.2 Å². The molecule has 0 aliphatic rings. The van der Waals surface area contributed by atoms with Gasteiger partial charge < -0.3 is 20.4 Å². The number of aromatic hydroxyl groups is 2. The number of hydrogen-bond donors (Lipinski definition) is 4. The minimum absolute atomic E-state index is 0.0707. The molecule has 2 unspecified atom stereocenters. The summed E-state index contributed by atoms with van der Waals surface area (Å²) in [5, 5.41) is 37.5. The van der Waals surface area contributed by atoms with Crippen molar-refractivity contribution in [3.63, 3.8) is 0 Å². The van der Waals surface area contributed by atoms with Crippen LogP contribution in [0.3, 0.4) is 0 Å². The van der Waals surface area contributed by atoms with Crippen molar-refractivity contribution in [2.24, 2.45) is 0 Å². The van der Waals surface area contributed by atoms with Crippen LogP contribution in [-0.4, -0.2) is 31.9 Å². The maximum Gasteiger partial charge on any atom is 0.121 e. The summed E-state index contributed by atoms with van der Waals surface area (Å²) < 4.78 is 0. The Balaban J connectivity index is 2.99. The first-order valence-electron chi connectivity index (χ1n) is 4.00. The van der Waals surface area contributed by atoms with E-state index in [0.717, 1.165) is 0 Å². The summed E-state index contributed by atoms with van der Waals surface area (Å²) >= 11 is 3.00. The minimum atomic E-state index is -1.22. The van der Waals surface area contributed by atoms with Crippen molar-refractivity contribution in [2.75, 3.05) is 5.33 Å². The molecule has 0 saturated carbocycles. The van der Waals surface area contributed by atoms with E-state index in [4.69, 9.17) is 5.11 Å². The van der Waals surface area contributed by atoms with Gasteiger partial charge in [0.2, 0.25) is 0 Å². The van der Waals surface area contributed by atoms with Crippen LogP contribution in [0.25, 0.3) is 0 Å². The first kappa shape index (κ1) is 11.3. The lowest BCUT2D eigenvalue weighted by Crippen LogP contribution is -2.19. The zero-order valence-electron chi connectivity index (χ0n) is 7.26. The molecule has 1 aromatic rings. The summed E-state index contributed by atoms with van der Waals surface area (Å²) in [4.78, 5) is 0. The Morgan fingerprint density at radius 1 is 1.21 bits per heavy atom. The Kier molecular flexibility index (Phi) is 3.74. The van der Waals surface area contributed by atoms with Crippen LogP contribution in [0.5, 0.6) is 11.5 Å². The van der Waals surface area contributed by atoms with Gasteiger partial charge in [0.05, 0.1) is 6.10 Å². The van der Waals surface area contributed by atoms with Crippen molar-refractivity contribution in [1.29, 1.82) is 0 Å². The van der Waals surface area contributed by atoms with Gasteiger partial charge in [-0.05, 0) is 18.2 Å². The van der Waals surface area contributed by atoms with Gasteiger partial charge >= 0.3 is 0 Å². The molecule has 2 atom stereocenters. The summed E-state index contributed by atoms with van der Waals surface area (Å²) in [6.07, 6.45) is -2.25. The number of aliphatic hydroxyl groups excluding tert-OH is 2. The van der Waals surface area contributed by atoms with Crippen LogP contribution in [0.4, 0.5) is 0 Å². The molecule has 0 spiro atoms. The van der Waals surface area contributed by atoms with Crippen LogP contribution in [0.1, 0.15) is 11.7 Å². The lowest BCUT2D eigenvalue weighted by Gasteiger charge is -2.16. The van der Waals surface area contributed by atoms with Gasteiger partial charge in [0, 0.05) is 10.9 Å². The molecule has 0 aliphatic carbocycles. The predicted molar refractivity (Wildman–Crippen MR) is 54.5 cm³/mol. The lowest BCUT2D eigenvalue weighted by molar-refractivity contribution is 0.0326. The molecule has 0 heterocycles. The Bertz CT molecular complexity index is 316. The molecular formula is C9H11BrO4. The normalized spacial score (nSPS) is 15.1. The lowest BCUT2D eigenvalue weighted by atomic mass is 10.0. The van der Waals surface area contributed by atoms with Crippen LogP contribution in [0.2, 0.25) is 0 Å². The second kappa shape index (κ2) is 4.63. The second-order valence-corrected chi connectivity index (χ2v) is 3.56. The molecule has 5 heteroatoms. The Morgan fingerprint density at radius 2 is 1.86 bits per heavy atom. The van der Waals surface area contributed by atoms with Gasteiger partial charge in [0.15, 0.2) is 0 Å². The number of phenols is 2. The monoisotopic (exact) mass is 262 g/mol. The maximum atomic E-state index is 9.54. The van der Waals surface area contributed by atoms with Gasteiger partial charge in [-0.2, -0.15) is 0 Å². The number of halogens is 1. The summed E-state index contributed by atoms with van der Waals surface area (Å²) in [5.41, 5.74) is 0.108. The minimum Gasteiger partial charge on any atom is -0.508 e. The van der Waals surface area contributed by atoms with Crippen molar-refractivity contribution < 1.29 is 20.4 Å². The van der Waals surface area contributed by atoms with Gasteiger partial charge in [0.25, 0.3) is 0 Å². The zero-order valence-corrected chi connectivity index (χ0v) is 8.85. The van der Waals surface area contributed by atoms with Crippen LogP contribution >= 0.6 is 15.9 Å². The molecule has 0 fully saturated rings. The molecule has 4 nitrogen and oxygen atoms in total. The number of aliphatic hydroxyl groups is 2. The van der Waals surface area contributed by atoms with Crippen LogP contribution < -0.4 is 0 Å². The summed E-state index contributed by atoms with van der Waals surface area (Å²) in [6, 6.07) is 3.77. The average molecular weight is 263 g/mol. The highest BCUT2D eigenvalue weighted by Crippen LogP contribution is 2.30. The van der Waals surface area contributed by atoms with E-state index in [-0.39, 0.29) is 22.4 Å². The standard InChI is InChI=1S/C9H11BrO4/c10-4-8(13)9(14)6-3-5(11)1-2-7(6)12/h1-3,8-9,11-14H,4H2. The van der Waals surface area contributed by atoms with E-state index in [0.29, 0.717) is 0 Å². The third-order valence-electron chi connectivity index (χ3n) is 1.85. The largest absolute Gasteiger partial charge is 0.508 e. The van der Waals surface area contributed by atoms with Crippen LogP contribution in [0.15, 0.2) is 18.2 Å². The topological polar surface area (TPSA) is 80.9 Å². The molecule has 0 saturated heterocycles. The molecule has 4 N–H and O–H groups in total. The molecule has 0 radical (unpaired) electrons. The van der Waals surface area contributed by atoms with Crippen LogP contribution in [-0.2, 0) is 0 Å². The molecule has 14 heavy (non-hydrogen) atoms. The predicted octanol–water partition coefficient (Wildman–Crippen LogP) is 0.887.